The van der Waals surface area contributed by atoms with E-state index in [9.17, 15) is 4.79 Å². The van der Waals surface area contributed by atoms with E-state index in [1.807, 2.05) is 13.8 Å². The number of hydrogen-bond donors (Lipinski definition) is 2. The molecule has 6 heteroatoms. The van der Waals surface area contributed by atoms with E-state index in [0.717, 1.165) is 47.7 Å². The Hall–Kier alpha value is -1.24. The van der Waals surface area contributed by atoms with Crippen LogP contribution in [-0.4, -0.2) is 40.5 Å². The van der Waals surface area contributed by atoms with Crippen molar-refractivity contribution in [2.24, 2.45) is 0 Å². The number of hydrogen-bond acceptors (Lipinski definition) is 5. The molecule has 1 atom stereocenters. The molecule has 1 aliphatic heterocycles. The van der Waals surface area contributed by atoms with Crippen molar-refractivity contribution in [1.82, 2.24) is 20.2 Å². The Balaban J connectivity index is 1.91. The molecule has 2 aromatic heterocycles. The van der Waals surface area contributed by atoms with Gasteiger partial charge in [-0.3, -0.25) is 9.69 Å². The number of aromatic nitrogens is 2. The van der Waals surface area contributed by atoms with Crippen LogP contribution in [0.15, 0.2) is 4.79 Å². The fourth-order valence-corrected chi connectivity index (χ4v) is 4.07. The lowest BCUT2D eigenvalue weighted by Crippen LogP contribution is -2.37. The lowest BCUT2D eigenvalue weighted by Gasteiger charge is -2.26. The monoisotopic (exact) mass is 306 g/mol. The molecule has 1 saturated heterocycles. The highest BCUT2D eigenvalue weighted by Crippen LogP contribution is 2.25. The van der Waals surface area contributed by atoms with E-state index >= 15 is 0 Å². The van der Waals surface area contributed by atoms with E-state index in [1.54, 1.807) is 11.3 Å². The number of aromatic amines is 1. The van der Waals surface area contributed by atoms with Gasteiger partial charge in [-0.2, -0.15) is 0 Å². The zero-order chi connectivity index (χ0) is 15.0. The quantitative estimate of drug-likeness (QED) is 0.904. The van der Waals surface area contributed by atoms with Gasteiger partial charge in [0.05, 0.1) is 11.9 Å². The molecule has 1 unspecified atom stereocenters. The third kappa shape index (κ3) is 2.75. The number of fused-ring (bicyclic) bond motifs is 1. The highest BCUT2D eigenvalue weighted by molar-refractivity contribution is 7.18. The van der Waals surface area contributed by atoms with E-state index in [1.165, 1.54) is 4.88 Å². The Labute approximate surface area is 128 Å². The zero-order valence-electron chi connectivity index (χ0n) is 12.8. The average molecular weight is 306 g/mol. The highest BCUT2D eigenvalue weighted by Gasteiger charge is 2.22. The van der Waals surface area contributed by atoms with Crippen LogP contribution in [0.3, 0.4) is 0 Å². The molecule has 1 fully saturated rings. The van der Waals surface area contributed by atoms with Crippen LogP contribution in [0.5, 0.6) is 0 Å². The summed E-state index contributed by atoms with van der Waals surface area (Å²) in [5, 5.41) is 4.15. The van der Waals surface area contributed by atoms with E-state index in [4.69, 9.17) is 0 Å². The fraction of sp³-hybridized carbons (Fsp3) is 0.600. The molecule has 0 saturated carbocycles. The zero-order valence-corrected chi connectivity index (χ0v) is 13.6. The summed E-state index contributed by atoms with van der Waals surface area (Å²) in [5.41, 5.74) is 1.06. The first-order chi connectivity index (χ1) is 10.1. The van der Waals surface area contributed by atoms with Crippen molar-refractivity contribution in [3.8, 4) is 0 Å². The third-order valence-corrected chi connectivity index (χ3v) is 5.50. The van der Waals surface area contributed by atoms with Crippen molar-refractivity contribution in [3.63, 3.8) is 0 Å². The van der Waals surface area contributed by atoms with Crippen LogP contribution < -0.4 is 10.9 Å². The van der Waals surface area contributed by atoms with Crippen molar-refractivity contribution in [1.29, 1.82) is 0 Å². The van der Waals surface area contributed by atoms with Gasteiger partial charge >= 0.3 is 0 Å². The van der Waals surface area contributed by atoms with Gasteiger partial charge in [0.15, 0.2) is 0 Å². The SMILES string of the molecule is CCN(Cc1nc2sc(C)c(C)c2c(=O)[nH]1)C1CCNC1. The summed E-state index contributed by atoms with van der Waals surface area (Å²) in [7, 11) is 0. The second-order valence-corrected chi connectivity index (χ2v) is 6.89. The van der Waals surface area contributed by atoms with Crippen LogP contribution in [-0.2, 0) is 6.54 Å². The Morgan fingerprint density at radius 2 is 2.24 bits per heavy atom. The summed E-state index contributed by atoms with van der Waals surface area (Å²) in [6.45, 7) is 9.98. The molecule has 0 aliphatic carbocycles. The van der Waals surface area contributed by atoms with Crippen LogP contribution in [0, 0.1) is 13.8 Å². The second-order valence-electron chi connectivity index (χ2n) is 5.69. The predicted octanol–water partition coefficient (Wildman–Crippen LogP) is 1.79. The van der Waals surface area contributed by atoms with Crippen molar-refractivity contribution in [2.75, 3.05) is 19.6 Å². The van der Waals surface area contributed by atoms with E-state index in [-0.39, 0.29) is 5.56 Å². The van der Waals surface area contributed by atoms with Gasteiger partial charge in [-0.25, -0.2) is 4.98 Å². The Morgan fingerprint density at radius 3 is 2.90 bits per heavy atom. The first-order valence-corrected chi connectivity index (χ1v) is 8.35. The molecule has 3 rings (SSSR count). The molecular weight excluding hydrogens is 284 g/mol. The van der Waals surface area contributed by atoms with Crippen LogP contribution in [0.1, 0.15) is 29.6 Å². The number of rotatable bonds is 4. The largest absolute Gasteiger partial charge is 0.315 e. The number of nitrogens with zero attached hydrogens (tertiary/aromatic N) is 2. The smallest absolute Gasteiger partial charge is 0.259 e. The summed E-state index contributed by atoms with van der Waals surface area (Å²) < 4.78 is 0. The molecule has 114 valence electrons. The first-order valence-electron chi connectivity index (χ1n) is 7.53. The van der Waals surface area contributed by atoms with Gasteiger partial charge < -0.3 is 10.3 Å². The van der Waals surface area contributed by atoms with Gasteiger partial charge in [0.1, 0.15) is 10.7 Å². The number of thiophene rings is 1. The Bertz CT molecular complexity index is 699. The van der Waals surface area contributed by atoms with E-state index in [2.05, 4.69) is 27.1 Å². The number of nitrogens with one attached hydrogen (secondary N) is 2. The van der Waals surface area contributed by atoms with Crippen LogP contribution in [0.25, 0.3) is 10.2 Å². The summed E-state index contributed by atoms with van der Waals surface area (Å²) >= 11 is 1.61. The average Bonchev–Trinajstić information content (AvgIpc) is 3.06. The molecule has 21 heavy (non-hydrogen) atoms. The van der Waals surface area contributed by atoms with Gasteiger partial charge in [0.2, 0.25) is 0 Å². The van der Waals surface area contributed by atoms with Gasteiger partial charge in [-0.15, -0.1) is 11.3 Å². The van der Waals surface area contributed by atoms with Crippen molar-refractivity contribution in [3.05, 3.63) is 26.6 Å². The maximum atomic E-state index is 12.3. The fourth-order valence-electron chi connectivity index (χ4n) is 3.02. The molecule has 2 aromatic rings. The molecule has 0 amide bonds. The normalized spacial score (nSPS) is 19.0. The van der Waals surface area contributed by atoms with Crippen molar-refractivity contribution >= 4 is 21.6 Å². The van der Waals surface area contributed by atoms with E-state index in [0.29, 0.717) is 12.6 Å². The topological polar surface area (TPSA) is 61.0 Å². The molecule has 0 radical (unpaired) electrons. The van der Waals surface area contributed by atoms with Gasteiger partial charge in [-0.05, 0) is 38.9 Å². The minimum absolute atomic E-state index is 0.00236. The summed E-state index contributed by atoms with van der Waals surface area (Å²) in [5.74, 6) is 0.780. The van der Waals surface area contributed by atoms with Crippen LogP contribution >= 0.6 is 11.3 Å². The van der Waals surface area contributed by atoms with Gasteiger partial charge in [-0.1, -0.05) is 6.92 Å². The van der Waals surface area contributed by atoms with Crippen LogP contribution in [0.4, 0.5) is 0 Å². The van der Waals surface area contributed by atoms with Crippen molar-refractivity contribution in [2.45, 2.75) is 39.8 Å². The number of aryl methyl sites for hydroxylation is 2. The molecule has 2 N–H and O–H groups in total. The molecule has 0 spiro atoms. The molecule has 3 heterocycles. The maximum absolute atomic E-state index is 12.3. The Kier molecular flexibility index (Phi) is 4.10. The molecule has 0 bridgehead atoms. The maximum Gasteiger partial charge on any atom is 0.259 e. The lowest BCUT2D eigenvalue weighted by atomic mass is 10.2. The first kappa shape index (κ1) is 14.7. The molecular formula is C15H22N4OS. The molecule has 1 aliphatic rings. The van der Waals surface area contributed by atoms with Gasteiger partial charge in [0.25, 0.3) is 5.56 Å². The van der Waals surface area contributed by atoms with E-state index < -0.39 is 0 Å². The predicted molar refractivity (Wildman–Crippen MR) is 87.1 cm³/mol. The third-order valence-electron chi connectivity index (χ3n) is 4.40. The standard InChI is InChI=1S/C15H22N4OS/c1-4-19(11-5-6-16-7-11)8-12-17-14(20)13-9(2)10(3)21-15(13)18-12/h11,16H,4-8H2,1-3H3,(H,17,18,20). The summed E-state index contributed by atoms with van der Waals surface area (Å²) in [4.78, 5) is 24.4. The van der Waals surface area contributed by atoms with Gasteiger partial charge in [0, 0.05) is 17.5 Å². The van der Waals surface area contributed by atoms with Crippen molar-refractivity contribution < 1.29 is 0 Å². The summed E-state index contributed by atoms with van der Waals surface area (Å²) in [6, 6.07) is 0.544. The number of likely N-dealkylation sites (N-methyl/N-ethyl adjacent to an activating group) is 1. The summed E-state index contributed by atoms with van der Waals surface area (Å²) in [6.07, 6.45) is 1.16. The minimum Gasteiger partial charge on any atom is -0.315 e. The Morgan fingerprint density at radius 1 is 1.43 bits per heavy atom. The molecule has 5 nitrogen and oxygen atoms in total. The molecule has 0 aromatic carbocycles. The second kappa shape index (κ2) is 5.87. The van der Waals surface area contributed by atoms with Crippen LogP contribution in [0.2, 0.25) is 0 Å². The lowest BCUT2D eigenvalue weighted by molar-refractivity contribution is 0.205. The highest BCUT2D eigenvalue weighted by atomic mass is 32.1. The number of H-pyrrole nitrogens is 1. The minimum atomic E-state index is -0.00236.